The van der Waals surface area contributed by atoms with Crippen molar-refractivity contribution in [1.82, 2.24) is 5.43 Å². The van der Waals surface area contributed by atoms with Crippen molar-refractivity contribution < 1.29 is 14.3 Å². The topological polar surface area (TPSA) is 59.9 Å². The van der Waals surface area contributed by atoms with E-state index >= 15 is 0 Å². The molecule has 0 aliphatic heterocycles. The average Bonchev–Trinajstić information content (AvgIpc) is 2.83. The van der Waals surface area contributed by atoms with Gasteiger partial charge in [-0.3, -0.25) is 4.79 Å². The molecule has 0 bridgehead atoms. The summed E-state index contributed by atoms with van der Waals surface area (Å²) in [5.41, 5.74) is 4.35. The van der Waals surface area contributed by atoms with Crippen molar-refractivity contribution in [3.8, 4) is 11.5 Å². The van der Waals surface area contributed by atoms with Crippen LogP contribution in [-0.2, 0) is 11.4 Å². The number of amides is 1. The lowest BCUT2D eigenvalue weighted by molar-refractivity contribution is -0.123. The molecule has 0 aliphatic carbocycles. The molecule has 0 spiro atoms. The molecule has 0 saturated heterocycles. The molecule has 0 heterocycles. The second-order valence-corrected chi connectivity index (χ2v) is 6.87. The summed E-state index contributed by atoms with van der Waals surface area (Å²) >= 11 is 0. The number of rotatable bonds is 8. The number of hydrazone groups is 1. The smallest absolute Gasteiger partial charge is 0.277 e. The Morgan fingerprint density at radius 3 is 2.39 bits per heavy atom. The first-order valence-electron chi connectivity index (χ1n) is 9.98. The summed E-state index contributed by atoms with van der Waals surface area (Å²) in [6.45, 7) is 0.328. The number of hydrogen-bond donors (Lipinski definition) is 1. The van der Waals surface area contributed by atoms with E-state index in [9.17, 15) is 4.79 Å². The molecule has 1 N–H and O–H groups in total. The molecule has 0 atom stereocenters. The maximum Gasteiger partial charge on any atom is 0.277 e. The Morgan fingerprint density at radius 2 is 1.48 bits per heavy atom. The largest absolute Gasteiger partial charge is 0.488 e. The van der Waals surface area contributed by atoms with Crippen molar-refractivity contribution in [3.05, 3.63) is 108 Å². The number of carbonyl (C=O) groups is 1. The third kappa shape index (κ3) is 5.48. The van der Waals surface area contributed by atoms with Gasteiger partial charge in [-0.1, -0.05) is 78.9 Å². The summed E-state index contributed by atoms with van der Waals surface area (Å²) in [5, 5.41) is 6.07. The van der Waals surface area contributed by atoms with Crippen molar-refractivity contribution in [3.63, 3.8) is 0 Å². The highest BCUT2D eigenvalue weighted by atomic mass is 16.5. The number of nitrogens with zero attached hydrogens (tertiary/aromatic N) is 1. The average molecular weight is 410 g/mol. The van der Waals surface area contributed by atoms with Crippen LogP contribution in [0.15, 0.2) is 102 Å². The minimum atomic E-state index is -0.341. The van der Waals surface area contributed by atoms with E-state index in [0.717, 1.165) is 21.9 Å². The third-order valence-corrected chi connectivity index (χ3v) is 4.66. The lowest BCUT2D eigenvalue weighted by Crippen LogP contribution is -2.24. The summed E-state index contributed by atoms with van der Waals surface area (Å²) < 4.78 is 11.6. The molecule has 5 nitrogen and oxygen atoms in total. The van der Waals surface area contributed by atoms with Crippen LogP contribution in [0.2, 0.25) is 0 Å². The van der Waals surface area contributed by atoms with Gasteiger partial charge >= 0.3 is 0 Å². The van der Waals surface area contributed by atoms with E-state index in [0.29, 0.717) is 18.1 Å². The number of benzene rings is 4. The van der Waals surface area contributed by atoms with Crippen LogP contribution < -0.4 is 14.9 Å². The Labute approximate surface area is 180 Å². The second kappa shape index (κ2) is 10.1. The van der Waals surface area contributed by atoms with Gasteiger partial charge in [0.15, 0.2) is 6.61 Å². The molecule has 0 radical (unpaired) electrons. The minimum Gasteiger partial charge on any atom is -0.488 e. The van der Waals surface area contributed by atoms with Gasteiger partial charge in [-0.2, -0.15) is 5.10 Å². The number of fused-ring (bicyclic) bond motifs is 1. The predicted octanol–water partition coefficient (Wildman–Crippen LogP) is 4.95. The monoisotopic (exact) mass is 410 g/mol. The fourth-order valence-electron chi connectivity index (χ4n) is 3.12. The SMILES string of the molecule is O=C(COc1cccc2ccccc12)NN=Cc1ccccc1OCc1ccccc1. The zero-order valence-electron chi connectivity index (χ0n) is 16.9. The highest BCUT2D eigenvalue weighted by Crippen LogP contribution is 2.25. The van der Waals surface area contributed by atoms with Crippen molar-refractivity contribution in [2.75, 3.05) is 6.61 Å². The van der Waals surface area contributed by atoms with Crippen molar-refractivity contribution >= 4 is 22.9 Å². The standard InChI is InChI=1S/C26H22N2O3/c29-26(19-31-25-16-8-13-21-11-4-6-14-23(21)25)28-27-17-22-12-5-7-15-24(22)30-18-20-9-2-1-3-10-20/h1-17H,18-19H2,(H,28,29). The molecule has 4 aromatic rings. The van der Waals surface area contributed by atoms with Crippen LogP contribution in [0.3, 0.4) is 0 Å². The summed E-state index contributed by atoms with van der Waals surface area (Å²) in [7, 11) is 0. The molecular formula is C26H22N2O3. The molecule has 0 saturated carbocycles. The summed E-state index contributed by atoms with van der Waals surface area (Å²) in [5.74, 6) is 1.01. The fraction of sp³-hybridized carbons (Fsp3) is 0.0769. The molecule has 1 amide bonds. The van der Waals surface area contributed by atoms with E-state index < -0.39 is 0 Å². The number of ether oxygens (including phenoxy) is 2. The second-order valence-electron chi connectivity index (χ2n) is 6.87. The fourth-order valence-corrected chi connectivity index (χ4v) is 3.12. The Morgan fingerprint density at radius 1 is 0.774 bits per heavy atom. The quantitative estimate of drug-likeness (QED) is 0.330. The van der Waals surface area contributed by atoms with Gasteiger partial charge < -0.3 is 9.47 Å². The van der Waals surface area contributed by atoms with Crippen LogP contribution >= 0.6 is 0 Å². The predicted molar refractivity (Wildman–Crippen MR) is 122 cm³/mol. The van der Waals surface area contributed by atoms with Crippen molar-refractivity contribution in [2.24, 2.45) is 5.10 Å². The van der Waals surface area contributed by atoms with E-state index in [1.807, 2.05) is 97.1 Å². The third-order valence-electron chi connectivity index (χ3n) is 4.66. The normalized spacial score (nSPS) is 10.8. The lowest BCUT2D eigenvalue weighted by Gasteiger charge is -2.09. The van der Waals surface area contributed by atoms with Crippen LogP contribution in [0.25, 0.3) is 10.8 Å². The van der Waals surface area contributed by atoms with Crippen LogP contribution in [0.5, 0.6) is 11.5 Å². The zero-order valence-corrected chi connectivity index (χ0v) is 16.9. The first-order chi connectivity index (χ1) is 15.3. The van der Waals surface area contributed by atoms with E-state index in [1.165, 1.54) is 0 Å². The Bertz CT molecular complexity index is 1180. The van der Waals surface area contributed by atoms with Crippen molar-refractivity contribution in [1.29, 1.82) is 0 Å². The molecular weight excluding hydrogens is 388 g/mol. The van der Waals surface area contributed by atoms with Gasteiger partial charge in [-0.15, -0.1) is 0 Å². The highest BCUT2D eigenvalue weighted by Gasteiger charge is 2.06. The maximum absolute atomic E-state index is 12.2. The van der Waals surface area contributed by atoms with Gasteiger partial charge in [0, 0.05) is 10.9 Å². The number of nitrogens with one attached hydrogen (secondary N) is 1. The number of para-hydroxylation sites is 1. The van der Waals surface area contributed by atoms with Crippen LogP contribution in [0, 0.1) is 0 Å². The van der Waals surface area contributed by atoms with E-state index in [1.54, 1.807) is 6.21 Å². The van der Waals surface area contributed by atoms with E-state index in [4.69, 9.17) is 9.47 Å². The Kier molecular flexibility index (Phi) is 6.55. The van der Waals surface area contributed by atoms with Gasteiger partial charge in [-0.05, 0) is 29.1 Å². The summed E-state index contributed by atoms with van der Waals surface area (Å²) in [6, 6.07) is 31.1. The molecule has 31 heavy (non-hydrogen) atoms. The van der Waals surface area contributed by atoms with Gasteiger partial charge in [0.25, 0.3) is 5.91 Å². The first kappa shape index (κ1) is 20.2. The molecule has 0 aliphatic rings. The van der Waals surface area contributed by atoms with E-state index in [-0.39, 0.29) is 12.5 Å². The number of carbonyl (C=O) groups excluding carboxylic acids is 1. The molecule has 4 aromatic carbocycles. The summed E-state index contributed by atoms with van der Waals surface area (Å²) in [4.78, 5) is 12.2. The Balaban J connectivity index is 1.32. The minimum absolute atomic E-state index is 0.127. The molecule has 5 heteroatoms. The van der Waals surface area contributed by atoms with Crippen LogP contribution in [-0.4, -0.2) is 18.7 Å². The number of hydrogen-bond acceptors (Lipinski definition) is 4. The van der Waals surface area contributed by atoms with Crippen molar-refractivity contribution in [2.45, 2.75) is 6.61 Å². The van der Waals surface area contributed by atoms with Crippen LogP contribution in [0.1, 0.15) is 11.1 Å². The molecule has 154 valence electrons. The first-order valence-corrected chi connectivity index (χ1v) is 9.98. The van der Waals surface area contributed by atoms with Crippen LogP contribution in [0.4, 0.5) is 0 Å². The van der Waals surface area contributed by atoms with Gasteiger partial charge in [0.2, 0.25) is 0 Å². The summed E-state index contributed by atoms with van der Waals surface area (Å²) in [6.07, 6.45) is 1.57. The van der Waals surface area contributed by atoms with Gasteiger partial charge in [0.1, 0.15) is 18.1 Å². The van der Waals surface area contributed by atoms with Gasteiger partial charge in [-0.25, -0.2) is 5.43 Å². The zero-order chi connectivity index (χ0) is 21.3. The Hall–Kier alpha value is -4.12. The molecule has 0 aromatic heterocycles. The molecule has 0 fully saturated rings. The lowest BCUT2D eigenvalue weighted by atomic mass is 10.1. The van der Waals surface area contributed by atoms with E-state index in [2.05, 4.69) is 10.5 Å². The highest BCUT2D eigenvalue weighted by molar-refractivity contribution is 5.89. The van der Waals surface area contributed by atoms with Gasteiger partial charge in [0.05, 0.1) is 6.21 Å². The maximum atomic E-state index is 12.2. The molecule has 0 unspecified atom stereocenters. The molecule has 4 rings (SSSR count).